The molecule has 0 spiro atoms. The third-order valence-corrected chi connectivity index (χ3v) is 13.5. The molecule has 0 fully saturated rings. The molecule has 0 bridgehead atoms. The van der Waals surface area contributed by atoms with E-state index in [0.717, 1.165) is 73.1 Å². The second-order valence-corrected chi connectivity index (χ2v) is 17.7. The summed E-state index contributed by atoms with van der Waals surface area (Å²) in [4.78, 5) is 2.41. The van der Waals surface area contributed by atoms with E-state index in [4.69, 9.17) is 4.74 Å². The molecule has 65 heavy (non-hydrogen) atoms. The summed E-state index contributed by atoms with van der Waals surface area (Å²) in [6, 6.07) is 85.7. The van der Waals surface area contributed by atoms with Crippen LogP contribution in [-0.2, 0) is 5.41 Å². The Hall–Kier alpha value is -8.20. The fraction of sp³-hybridized carbons (Fsp3) is 0.0476. The standard InChI is InChI=1S/C63H45NO/c1-63(2)58-29-13-12-25-53(58)54-38-36-50(41-59(54)63)64(49-24-14-23-47(39-49)43-19-8-4-9-20-43)60-30-16-28-55-52-37-35-48(44-21-10-5-11-22-44)40-57(52)56-27-15-26-51(61(56)65-62(55)60)46-33-31-45(32-34-46)42-17-6-3-7-18-42/h3-41H,1-2H3. The van der Waals surface area contributed by atoms with E-state index in [9.17, 15) is 0 Å². The number of nitrogens with zero attached hydrogens (tertiary/aromatic N) is 1. The van der Waals surface area contributed by atoms with Gasteiger partial charge >= 0.3 is 0 Å². The van der Waals surface area contributed by atoms with Gasteiger partial charge in [-0.2, -0.15) is 0 Å². The second-order valence-electron chi connectivity index (χ2n) is 17.7. The van der Waals surface area contributed by atoms with E-state index in [1.165, 1.54) is 44.5 Å². The van der Waals surface area contributed by atoms with Gasteiger partial charge in [-0.05, 0) is 109 Å². The maximum absolute atomic E-state index is 7.64. The van der Waals surface area contributed by atoms with E-state index in [0.29, 0.717) is 0 Å². The number of rotatable bonds is 7. The van der Waals surface area contributed by atoms with Crippen LogP contribution in [0.25, 0.3) is 77.9 Å². The van der Waals surface area contributed by atoms with Gasteiger partial charge in [0.2, 0.25) is 0 Å². The molecule has 0 radical (unpaired) electrons. The highest BCUT2D eigenvalue weighted by Crippen LogP contribution is 2.56. The van der Waals surface area contributed by atoms with Crippen LogP contribution in [0.15, 0.2) is 237 Å². The van der Waals surface area contributed by atoms with Crippen LogP contribution in [0.3, 0.4) is 0 Å². The molecule has 1 heterocycles. The summed E-state index contributed by atoms with van der Waals surface area (Å²) >= 11 is 0. The molecule has 0 N–H and O–H groups in total. The minimum absolute atomic E-state index is 0.178. The molecule has 308 valence electrons. The molecule has 0 amide bonds. The quantitative estimate of drug-likeness (QED) is 0.159. The number of ether oxygens (including phenoxy) is 1. The van der Waals surface area contributed by atoms with Gasteiger partial charge < -0.3 is 9.64 Å². The van der Waals surface area contributed by atoms with E-state index in [1.54, 1.807) is 0 Å². The topological polar surface area (TPSA) is 12.5 Å². The van der Waals surface area contributed by atoms with E-state index < -0.39 is 0 Å². The summed E-state index contributed by atoms with van der Waals surface area (Å²) in [5.74, 6) is 1.64. The van der Waals surface area contributed by atoms with Gasteiger partial charge in [0.15, 0.2) is 5.75 Å². The maximum atomic E-state index is 7.64. The highest BCUT2D eigenvalue weighted by atomic mass is 16.5. The Morgan fingerprint density at radius 1 is 0.292 bits per heavy atom. The number of anilines is 3. The predicted octanol–water partition coefficient (Wildman–Crippen LogP) is 17.6. The molecule has 0 unspecified atom stereocenters. The summed E-state index contributed by atoms with van der Waals surface area (Å²) < 4.78 is 7.64. The van der Waals surface area contributed by atoms with Crippen LogP contribution in [0.2, 0.25) is 0 Å². The van der Waals surface area contributed by atoms with Crippen LogP contribution in [-0.4, -0.2) is 0 Å². The molecule has 1 aliphatic carbocycles. The molecule has 1 aliphatic heterocycles. The van der Waals surface area contributed by atoms with Crippen molar-refractivity contribution in [2.24, 2.45) is 0 Å². The maximum Gasteiger partial charge on any atom is 0.159 e. The Kier molecular flexibility index (Phi) is 9.21. The Bertz CT molecular complexity index is 3410. The first-order chi connectivity index (χ1) is 32.0. The van der Waals surface area contributed by atoms with Crippen molar-refractivity contribution in [2.45, 2.75) is 19.3 Å². The van der Waals surface area contributed by atoms with Crippen molar-refractivity contribution in [1.29, 1.82) is 0 Å². The molecular weight excluding hydrogens is 787 g/mol. The van der Waals surface area contributed by atoms with Crippen molar-refractivity contribution in [3.8, 4) is 89.4 Å². The molecule has 10 aromatic rings. The van der Waals surface area contributed by atoms with E-state index in [-0.39, 0.29) is 5.41 Å². The first-order valence-electron chi connectivity index (χ1n) is 22.5. The first-order valence-corrected chi connectivity index (χ1v) is 22.5. The lowest BCUT2D eigenvalue weighted by Crippen LogP contribution is -2.17. The predicted molar refractivity (Wildman–Crippen MR) is 271 cm³/mol. The molecule has 10 aromatic carbocycles. The third-order valence-electron chi connectivity index (χ3n) is 13.5. The summed E-state index contributed by atoms with van der Waals surface area (Å²) in [7, 11) is 0. The van der Waals surface area contributed by atoms with Crippen molar-refractivity contribution in [3.05, 3.63) is 248 Å². The van der Waals surface area contributed by atoms with Crippen molar-refractivity contribution >= 4 is 17.1 Å². The Morgan fingerprint density at radius 3 is 1.49 bits per heavy atom. The summed E-state index contributed by atoms with van der Waals surface area (Å²) in [5, 5.41) is 0. The van der Waals surface area contributed by atoms with E-state index >= 15 is 0 Å². The van der Waals surface area contributed by atoms with Crippen molar-refractivity contribution in [1.82, 2.24) is 0 Å². The normalized spacial score (nSPS) is 12.7. The molecule has 2 aliphatic rings. The van der Waals surface area contributed by atoms with Gasteiger partial charge in [-0.1, -0.05) is 214 Å². The summed E-state index contributed by atoms with van der Waals surface area (Å²) in [6.45, 7) is 4.70. The molecule has 2 nitrogen and oxygen atoms in total. The smallest absolute Gasteiger partial charge is 0.159 e. The molecular formula is C63H45NO. The number of fused-ring (bicyclic) bond motifs is 8. The van der Waals surface area contributed by atoms with Crippen molar-refractivity contribution < 1.29 is 4.74 Å². The Balaban J connectivity index is 1.09. The minimum atomic E-state index is -0.178. The number of benzene rings is 10. The lowest BCUT2D eigenvalue weighted by atomic mass is 9.82. The highest BCUT2D eigenvalue weighted by Gasteiger charge is 2.36. The fourth-order valence-electron chi connectivity index (χ4n) is 10.2. The average molecular weight is 832 g/mol. The number of para-hydroxylation sites is 2. The van der Waals surface area contributed by atoms with Gasteiger partial charge in [0.1, 0.15) is 5.75 Å². The molecule has 0 aromatic heterocycles. The third kappa shape index (κ3) is 6.57. The Labute approximate surface area is 381 Å². The molecule has 0 saturated carbocycles. The molecule has 0 atom stereocenters. The monoisotopic (exact) mass is 831 g/mol. The van der Waals surface area contributed by atoms with Crippen LogP contribution in [0, 0.1) is 0 Å². The van der Waals surface area contributed by atoms with Crippen LogP contribution in [0.4, 0.5) is 17.1 Å². The van der Waals surface area contributed by atoms with Crippen LogP contribution < -0.4 is 9.64 Å². The zero-order valence-electron chi connectivity index (χ0n) is 36.4. The van der Waals surface area contributed by atoms with Gasteiger partial charge in [-0.3, -0.25) is 0 Å². The summed E-state index contributed by atoms with van der Waals surface area (Å²) in [6.07, 6.45) is 0. The minimum Gasteiger partial charge on any atom is -0.453 e. The molecule has 0 saturated heterocycles. The van der Waals surface area contributed by atoms with Crippen LogP contribution in [0.1, 0.15) is 25.0 Å². The van der Waals surface area contributed by atoms with Gasteiger partial charge in [0.25, 0.3) is 0 Å². The fourth-order valence-corrected chi connectivity index (χ4v) is 10.2. The summed E-state index contributed by atoms with van der Waals surface area (Å²) in [5.41, 5.74) is 21.7. The number of hydrogen-bond acceptors (Lipinski definition) is 2. The lowest BCUT2D eigenvalue weighted by molar-refractivity contribution is 0.490. The molecule has 2 heteroatoms. The van der Waals surface area contributed by atoms with Crippen molar-refractivity contribution in [2.75, 3.05) is 4.90 Å². The highest BCUT2D eigenvalue weighted by molar-refractivity contribution is 5.99. The second kappa shape index (κ2) is 15.6. The largest absolute Gasteiger partial charge is 0.453 e. The van der Waals surface area contributed by atoms with E-state index in [2.05, 4.69) is 255 Å². The van der Waals surface area contributed by atoms with Gasteiger partial charge in [-0.15, -0.1) is 0 Å². The Morgan fingerprint density at radius 2 is 0.769 bits per heavy atom. The average Bonchev–Trinajstić information content (AvgIpc) is 3.49. The zero-order valence-corrected chi connectivity index (χ0v) is 36.4. The zero-order chi connectivity index (χ0) is 43.5. The molecule has 12 rings (SSSR count). The van der Waals surface area contributed by atoms with Gasteiger partial charge in [0, 0.05) is 33.5 Å². The van der Waals surface area contributed by atoms with E-state index in [1.807, 2.05) is 0 Å². The number of hydrogen-bond donors (Lipinski definition) is 0. The SMILES string of the molecule is CC1(C)c2ccccc2-c2ccc(N(c3cccc(-c4ccccc4)c3)c3cccc4c3Oc3c(-c5ccc(-c6ccccc6)cc5)cccc3-c3cc(-c5ccccc5)ccc3-4)cc21. The van der Waals surface area contributed by atoms with Gasteiger partial charge in [0.05, 0.1) is 5.69 Å². The first kappa shape index (κ1) is 38.5. The van der Waals surface area contributed by atoms with Crippen molar-refractivity contribution in [3.63, 3.8) is 0 Å². The van der Waals surface area contributed by atoms with Crippen LogP contribution in [0.5, 0.6) is 11.5 Å². The van der Waals surface area contributed by atoms with Gasteiger partial charge in [-0.25, -0.2) is 0 Å². The lowest BCUT2D eigenvalue weighted by Gasteiger charge is -2.30. The van der Waals surface area contributed by atoms with Crippen LogP contribution >= 0.6 is 0 Å².